The number of nitrogens with zero attached hydrogens (tertiary/aromatic N) is 2. The van der Waals surface area contributed by atoms with Gasteiger partial charge in [0.15, 0.2) is 0 Å². The molecule has 0 fully saturated rings. The zero-order chi connectivity index (χ0) is 15.4. The highest BCUT2D eigenvalue weighted by molar-refractivity contribution is 9.08. The first-order valence-corrected chi connectivity index (χ1v) is 8.03. The van der Waals surface area contributed by atoms with Crippen LogP contribution < -0.4 is 0 Å². The minimum Gasteiger partial charge on any atom is -0.285 e. The van der Waals surface area contributed by atoms with Crippen LogP contribution in [0.15, 0.2) is 48.7 Å². The Hall–Kier alpha value is -2.38. The molecule has 2 heterocycles. The number of rotatable bonds is 2. The van der Waals surface area contributed by atoms with Crippen molar-refractivity contribution < 1.29 is 0 Å². The average Bonchev–Trinajstić information content (AvgIpc) is 3.02. The number of H-pyrrole nitrogens is 1. The molecule has 3 nitrogen and oxygen atoms in total. The van der Waals surface area contributed by atoms with E-state index in [-0.39, 0.29) is 0 Å². The first-order valence-electron chi connectivity index (χ1n) is 6.91. The third kappa shape index (κ3) is 3.26. The summed E-state index contributed by atoms with van der Waals surface area (Å²) < 4.78 is 0. The lowest BCUT2D eigenvalue weighted by atomic mass is 10.1. The molecular weight excluding hydrogens is 338 g/mol. The molecule has 0 saturated heterocycles. The van der Waals surface area contributed by atoms with Gasteiger partial charge in [-0.05, 0) is 37.1 Å². The molecule has 0 amide bonds. The molecule has 0 bridgehead atoms. The summed E-state index contributed by atoms with van der Waals surface area (Å²) in [5, 5.41) is 7.96. The number of aryl methyl sites for hydroxylation is 1. The van der Waals surface area contributed by atoms with Crippen LogP contribution in [0.4, 0.5) is 0 Å². The zero-order valence-corrected chi connectivity index (χ0v) is 13.7. The Labute approximate surface area is 137 Å². The molecule has 22 heavy (non-hydrogen) atoms. The van der Waals surface area contributed by atoms with E-state index in [4.69, 9.17) is 0 Å². The van der Waals surface area contributed by atoms with Crippen LogP contribution in [0.5, 0.6) is 0 Å². The standard InChI is InChI=1S/C18H14BrN3/c1-13-3-2-4-17(21-13)10-7-14-5-8-15(9-6-14)18-16(11-19)12-20-22-18/h2-6,8-9,12H,11H2,1H3,(H,20,22). The quantitative estimate of drug-likeness (QED) is 0.558. The molecule has 0 aliphatic heterocycles. The van der Waals surface area contributed by atoms with E-state index in [1.54, 1.807) is 0 Å². The van der Waals surface area contributed by atoms with Gasteiger partial charge in [0.2, 0.25) is 0 Å². The van der Waals surface area contributed by atoms with E-state index in [0.29, 0.717) is 0 Å². The molecule has 0 aliphatic carbocycles. The minimum absolute atomic E-state index is 0.777. The second-order valence-electron chi connectivity index (χ2n) is 4.88. The molecule has 2 aromatic heterocycles. The molecule has 3 aromatic rings. The molecule has 1 aromatic carbocycles. The predicted octanol–water partition coefficient (Wildman–Crippen LogP) is 4.07. The Morgan fingerprint density at radius 1 is 1.09 bits per heavy atom. The summed E-state index contributed by atoms with van der Waals surface area (Å²) in [7, 11) is 0. The normalized spacial score (nSPS) is 10.1. The van der Waals surface area contributed by atoms with Crippen molar-refractivity contribution in [2.45, 2.75) is 12.3 Å². The average molecular weight is 352 g/mol. The Morgan fingerprint density at radius 3 is 2.64 bits per heavy atom. The van der Waals surface area contributed by atoms with Gasteiger partial charge >= 0.3 is 0 Å². The lowest BCUT2D eigenvalue weighted by Crippen LogP contribution is -1.86. The van der Waals surface area contributed by atoms with E-state index < -0.39 is 0 Å². The highest BCUT2D eigenvalue weighted by Gasteiger charge is 2.06. The number of nitrogens with one attached hydrogen (secondary N) is 1. The van der Waals surface area contributed by atoms with Crippen LogP contribution in [-0.4, -0.2) is 15.2 Å². The second kappa shape index (κ2) is 6.59. The van der Waals surface area contributed by atoms with Gasteiger partial charge in [0.25, 0.3) is 0 Å². The van der Waals surface area contributed by atoms with E-state index >= 15 is 0 Å². The molecule has 3 rings (SSSR count). The van der Waals surface area contributed by atoms with Crippen LogP contribution in [-0.2, 0) is 5.33 Å². The molecular formula is C18H14BrN3. The van der Waals surface area contributed by atoms with E-state index in [0.717, 1.165) is 39.1 Å². The number of benzene rings is 1. The van der Waals surface area contributed by atoms with Crippen LogP contribution >= 0.6 is 15.9 Å². The van der Waals surface area contributed by atoms with Crippen LogP contribution in [0, 0.1) is 18.8 Å². The van der Waals surface area contributed by atoms with Crippen LogP contribution in [0.2, 0.25) is 0 Å². The summed E-state index contributed by atoms with van der Waals surface area (Å²) in [6, 6.07) is 13.9. The first kappa shape index (κ1) is 14.6. The summed E-state index contributed by atoms with van der Waals surface area (Å²) in [4.78, 5) is 4.38. The number of hydrogen-bond donors (Lipinski definition) is 1. The predicted molar refractivity (Wildman–Crippen MR) is 91.6 cm³/mol. The molecule has 108 valence electrons. The number of alkyl halides is 1. The summed E-state index contributed by atoms with van der Waals surface area (Å²) >= 11 is 3.47. The summed E-state index contributed by atoms with van der Waals surface area (Å²) in [5.74, 6) is 6.23. The molecule has 0 unspecified atom stereocenters. The molecule has 1 N–H and O–H groups in total. The molecule has 0 aliphatic rings. The fraction of sp³-hybridized carbons (Fsp3) is 0.111. The van der Waals surface area contributed by atoms with Crippen molar-refractivity contribution in [3.05, 3.63) is 71.2 Å². The largest absolute Gasteiger partial charge is 0.285 e. The molecule has 0 spiro atoms. The maximum Gasteiger partial charge on any atom is 0.113 e. The smallest absolute Gasteiger partial charge is 0.113 e. The van der Waals surface area contributed by atoms with E-state index in [1.807, 2.05) is 55.6 Å². The van der Waals surface area contributed by atoms with Gasteiger partial charge in [0, 0.05) is 33.9 Å². The van der Waals surface area contributed by atoms with Crippen molar-refractivity contribution in [2.24, 2.45) is 0 Å². The van der Waals surface area contributed by atoms with Crippen LogP contribution in [0.25, 0.3) is 11.3 Å². The Balaban J connectivity index is 1.84. The lowest BCUT2D eigenvalue weighted by Gasteiger charge is -1.99. The van der Waals surface area contributed by atoms with Gasteiger partial charge in [0.1, 0.15) is 5.69 Å². The molecule has 4 heteroatoms. The van der Waals surface area contributed by atoms with Gasteiger partial charge in [-0.15, -0.1) is 0 Å². The fourth-order valence-electron chi connectivity index (χ4n) is 2.13. The Bertz CT molecular complexity index is 839. The van der Waals surface area contributed by atoms with Crippen molar-refractivity contribution >= 4 is 15.9 Å². The lowest BCUT2D eigenvalue weighted by molar-refractivity contribution is 1.10. The number of hydrogen-bond acceptors (Lipinski definition) is 2. The Kier molecular flexibility index (Phi) is 4.36. The van der Waals surface area contributed by atoms with Crippen molar-refractivity contribution in [1.82, 2.24) is 15.2 Å². The van der Waals surface area contributed by atoms with Crippen molar-refractivity contribution in [1.29, 1.82) is 0 Å². The summed E-state index contributed by atoms with van der Waals surface area (Å²) in [6.45, 7) is 1.96. The number of aromatic amines is 1. The Morgan fingerprint density at radius 2 is 1.91 bits per heavy atom. The molecule has 0 saturated carbocycles. The maximum atomic E-state index is 4.38. The minimum atomic E-state index is 0.777. The van der Waals surface area contributed by atoms with Gasteiger partial charge in [0.05, 0.1) is 5.69 Å². The number of pyridine rings is 1. The van der Waals surface area contributed by atoms with Gasteiger partial charge in [-0.3, -0.25) is 5.10 Å². The summed E-state index contributed by atoms with van der Waals surface area (Å²) in [5.41, 5.74) is 5.92. The maximum absolute atomic E-state index is 4.38. The third-order valence-corrected chi connectivity index (χ3v) is 3.85. The van der Waals surface area contributed by atoms with E-state index in [9.17, 15) is 0 Å². The van der Waals surface area contributed by atoms with Crippen LogP contribution in [0.3, 0.4) is 0 Å². The fourth-order valence-corrected chi connectivity index (χ4v) is 2.55. The summed E-state index contributed by atoms with van der Waals surface area (Å²) in [6.07, 6.45) is 1.90. The van der Waals surface area contributed by atoms with Crippen molar-refractivity contribution in [3.8, 4) is 23.1 Å². The van der Waals surface area contributed by atoms with Gasteiger partial charge in [-0.1, -0.05) is 40.0 Å². The monoisotopic (exact) mass is 351 g/mol. The molecule has 0 atom stereocenters. The van der Waals surface area contributed by atoms with Crippen molar-refractivity contribution in [3.63, 3.8) is 0 Å². The third-order valence-electron chi connectivity index (χ3n) is 3.24. The molecule has 0 radical (unpaired) electrons. The van der Waals surface area contributed by atoms with Crippen LogP contribution in [0.1, 0.15) is 22.5 Å². The SMILES string of the molecule is Cc1cccc(C#Cc2ccc(-c3n[nH]cc3CBr)cc2)n1. The highest BCUT2D eigenvalue weighted by atomic mass is 79.9. The highest BCUT2D eigenvalue weighted by Crippen LogP contribution is 2.23. The zero-order valence-electron chi connectivity index (χ0n) is 12.1. The first-order chi connectivity index (χ1) is 10.8. The topological polar surface area (TPSA) is 41.6 Å². The van der Waals surface area contributed by atoms with Crippen molar-refractivity contribution in [2.75, 3.05) is 0 Å². The van der Waals surface area contributed by atoms with Gasteiger partial charge < -0.3 is 0 Å². The number of halogens is 1. The van der Waals surface area contributed by atoms with Gasteiger partial charge in [-0.25, -0.2) is 4.98 Å². The second-order valence-corrected chi connectivity index (χ2v) is 5.45. The van der Waals surface area contributed by atoms with E-state index in [1.165, 1.54) is 0 Å². The number of aromatic nitrogens is 3. The van der Waals surface area contributed by atoms with Gasteiger partial charge in [-0.2, -0.15) is 5.10 Å². The van der Waals surface area contributed by atoms with E-state index in [2.05, 4.69) is 43.0 Å².